The minimum atomic E-state index is -1.23. The van der Waals surface area contributed by atoms with E-state index in [1.807, 2.05) is 44.0 Å². The SMILES string of the molecule is CN1C(=O)[C@@]23CCCCN2C[C@@]12C(O)[C@@]1(C(=O)Nc4c1ccc1c4OC=CC(C)(C)O1)C(C)(C)[C@@H]2C3. The molecule has 8 nitrogen and oxygen atoms in total. The largest absolute Gasteiger partial charge is 0.480 e. The van der Waals surface area contributed by atoms with Crippen LogP contribution in [0.5, 0.6) is 11.5 Å². The number of hydrogen-bond acceptors (Lipinski definition) is 6. The first-order valence-corrected chi connectivity index (χ1v) is 13.2. The predicted octanol–water partition coefficient (Wildman–Crippen LogP) is 2.80. The number of anilines is 1. The maximum atomic E-state index is 14.2. The third kappa shape index (κ3) is 2.18. The van der Waals surface area contributed by atoms with E-state index in [4.69, 9.17) is 9.47 Å². The molecule has 36 heavy (non-hydrogen) atoms. The van der Waals surface area contributed by atoms with E-state index in [0.717, 1.165) is 31.4 Å². The summed E-state index contributed by atoms with van der Waals surface area (Å²) in [5.74, 6) is 0.832. The molecule has 0 aromatic heterocycles. The Labute approximate surface area is 211 Å². The summed E-state index contributed by atoms with van der Waals surface area (Å²) in [7, 11) is 1.84. The zero-order chi connectivity index (χ0) is 25.5. The van der Waals surface area contributed by atoms with Gasteiger partial charge < -0.3 is 24.8 Å². The number of carbonyl (C=O) groups is 2. The molecule has 192 valence electrons. The molecule has 4 saturated heterocycles. The number of hydrogen-bond donors (Lipinski definition) is 2. The third-order valence-corrected chi connectivity index (χ3v) is 10.7. The van der Waals surface area contributed by atoms with Crippen molar-refractivity contribution in [2.45, 2.75) is 81.6 Å². The lowest BCUT2D eigenvalue weighted by molar-refractivity contribution is -0.207. The topological polar surface area (TPSA) is 91.3 Å². The first-order chi connectivity index (χ1) is 16.9. The van der Waals surface area contributed by atoms with Crippen molar-refractivity contribution in [3.8, 4) is 11.5 Å². The maximum Gasteiger partial charge on any atom is 0.243 e. The minimum absolute atomic E-state index is 0.0384. The number of carbonyl (C=O) groups excluding carboxylic acids is 2. The molecule has 1 aliphatic carbocycles. The van der Waals surface area contributed by atoms with Crippen LogP contribution >= 0.6 is 0 Å². The van der Waals surface area contributed by atoms with Crippen LogP contribution in [-0.2, 0) is 15.0 Å². The van der Waals surface area contributed by atoms with Gasteiger partial charge in [-0.25, -0.2) is 0 Å². The monoisotopic (exact) mass is 493 g/mol. The van der Waals surface area contributed by atoms with Gasteiger partial charge >= 0.3 is 0 Å². The number of ether oxygens (including phenoxy) is 2. The number of aliphatic hydroxyl groups is 1. The Hall–Kier alpha value is -2.58. The summed E-state index contributed by atoms with van der Waals surface area (Å²) in [6, 6.07) is 3.76. The molecule has 1 aromatic rings. The predicted molar refractivity (Wildman–Crippen MR) is 133 cm³/mol. The summed E-state index contributed by atoms with van der Waals surface area (Å²) in [6.07, 6.45) is 5.96. The summed E-state index contributed by atoms with van der Waals surface area (Å²) in [6.45, 7) is 9.56. The van der Waals surface area contributed by atoms with Crippen molar-refractivity contribution in [3.05, 3.63) is 30.0 Å². The fourth-order valence-electron chi connectivity index (χ4n) is 9.04. The normalized spacial score (nSPS) is 41.1. The number of fused-ring (bicyclic) bond motifs is 5. The van der Waals surface area contributed by atoms with Gasteiger partial charge in [0.2, 0.25) is 11.8 Å². The Morgan fingerprint density at radius 1 is 1.14 bits per heavy atom. The van der Waals surface area contributed by atoms with Crippen molar-refractivity contribution < 1.29 is 24.2 Å². The standard InChI is InChI=1S/C28H35N3O5/c1-24(2)11-13-35-20-17(36-24)9-8-16-19(20)29-22(33)28(16)21(32)27-15-31-12-7-6-10-26(31,23(34)30(27)5)14-18(27)25(28,3)4/h8-9,11,13,18,21,32H,6-7,10,12,14-15H2,1-5H3,(H,29,33)/t18-,21?,26-,27+,28-/m0/s1. The van der Waals surface area contributed by atoms with Gasteiger partial charge in [-0.05, 0) is 75.1 Å². The lowest BCUT2D eigenvalue weighted by Crippen LogP contribution is -2.83. The quantitative estimate of drug-likeness (QED) is 0.578. The summed E-state index contributed by atoms with van der Waals surface area (Å²) >= 11 is 0. The summed E-state index contributed by atoms with van der Waals surface area (Å²) in [5.41, 5.74) is -2.50. The molecule has 0 radical (unpaired) electrons. The number of amides is 2. The molecule has 2 N–H and O–H groups in total. The highest BCUT2D eigenvalue weighted by Crippen LogP contribution is 2.72. The van der Waals surface area contributed by atoms with Crippen LogP contribution in [0.25, 0.3) is 0 Å². The minimum Gasteiger partial charge on any atom is -0.480 e. The summed E-state index contributed by atoms with van der Waals surface area (Å²) in [4.78, 5) is 32.2. The van der Waals surface area contributed by atoms with Gasteiger partial charge in [0.25, 0.3) is 0 Å². The molecule has 8 rings (SSSR count). The summed E-state index contributed by atoms with van der Waals surface area (Å²) in [5, 5.41) is 15.6. The number of piperidine rings is 3. The summed E-state index contributed by atoms with van der Waals surface area (Å²) < 4.78 is 12.2. The molecule has 2 bridgehead atoms. The third-order valence-electron chi connectivity index (χ3n) is 10.7. The number of nitrogens with zero attached hydrogens (tertiary/aromatic N) is 2. The van der Waals surface area contributed by atoms with Gasteiger partial charge in [0.05, 0.1) is 23.6 Å². The highest BCUT2D eigenvalue weighted by molar-refractivity contribution is 6.10. The number of benzene rings is 1. The van der Waals surface area contributed by atoms with E-state index in [9.17, 15) is 14.7 Å². The van der Waals surface area contributed by atoms with Crippen molar-refractivity contribution in [1.29, 1.82) is 0 Å². The van der Waals surface area contributed by atoms with Gasteiger partial charge in [0.15, 0.2) is 11.5 Å². The Morgan fingerprint density at radius 3 is 2.69 bits per heavy atom. The van der Waals surface area contributed by atoms with Crippen LogP contribution in [0.4, 0.5) is 5.69 Å². The second-order valence-electron chi connectivity index (χ2n) is 12.9. The smallest absolute Gasteiger partial charge is 0.243 e. The zero-order valence-corrected chi connectivity index (χ0v) is 21.7. The Kier molecular flexibility index (Phi) is 4.05. The van der Waals surface area contributed by atoms with Crippen molar-refractivity contribution in [3.63, 3.8) is 0 Å². The van der Waals surface area contributed by atoms with Crippen molar-refractivity contribution >= 4 is 17.5 Å². The molecule has 6 aliphatic heterocycles. The molecule has 1 aromatic carbocycles. The Balaban J connectivity index is 1.44. The number of nitrogens with one attached hydrogen (secondary N) is 1. The molecule has 6 heterocycles. The highest BCUT2D eigenvalue weighted by atomic mass is 16.5. The molecule has 5 fully saturated rings. The Morgan fingerprint density at radius 2 is 1.92 bits per heavy atom. The first-order valence-electron chi connectivity index (χ1n) is 13.2. The number of rotatable bonds is 0. The van der Waals surface area contributed by atoms with E-state index in [0.29, 0.717) is 30.2 Å². The molecular weight excluding hydrogens is 458 g/mol. The lowest BCUT2D eigenvalue weighted by Gasteiger charge is -2.67. The maximum absolute atomic E-state index is 14.2. The van der Waals surface area contributed by atoms with E-state index in [2.05, 4.69) is 24.1 Å². The van der Waals surface area contributed by atoms with E-state index >= 15 is 0 Å². The van der Waals surface area contributed by atoms with Gasteiger partial charge in [-0.3, -0.25) is 14.5 Å². The lowest BCUT2D eigenvalue weighted by atomic mass is 9.56. The van der Waals surface area contributed by atoms with E-state index < -0.39 is 33.6 Å². The van der Waals surface area contributed by atoms with Crippen molar-refractivity contribution in [2.75, 3.05) is 25.5 Å². The number of aliphatic hydroxyl groups excluding tert-OH is 1. The molecule has 5 atom stereocenters. The second-order valence-corrected chi connectivity index (χ2v) is 12.9. The second kappa shape index (κ2) is 6.45. The van der Waals surface area contributed by atoms with Crippen LogP contribution in [-0.4, -0.2) is 69.6 Å². The van der Waals surface area contributed by atoms with Gasteiger partial charge in [-0.15, -0.1) is 0 Å². The average Bonchev–Trinajstić information content (AvgIpc) is 3.12. The molecule has 3 spiro atoms. The van der Waals surface area contributed by atoms with Gasteiger partial charge in [-0.1, -0.05) is 19.9 Å². The van der Waals surface area contributed by atoms with Gasteiger partial charge in [-0.2, -0.15) is 0 Å². The zero-order valence-electron chi connectivity index (χ0n) is 21.7. The molecule has 2 amide bonds. The molecule has 8 heteroatoms. The molecule has 7 aliphatic rings. The van der Waals surface area contributed by atoms with Gasteiger partial charge in [0.1, 0.15) is 16.6 Å². The van der Waals surface area contributed by atoms with Crippen molar-refractivity contribution in [1.82, 2.24) is 9.80 Å². The Bertz CT molecular complexity index is 1260. The van der Waals surface area contributed by atoms with Crippen LogP contribution in [0.2, 0.25) is 0 Å². The van der Waals surface area contributed by atoms with Crippen LogP contribution in [0.3, 0.4) is 0 Å². The molecular formula is C28H35N3O5. The van der Waals surface area contributed by atoms with Crippen LogP contribution in [0.15, 0.2) is 24.5 Å². The highest BCUT2D eigenvalue weighted by Gasteiger charge is 2.83. The van der Waals surface area contributed by atoms with E-state index in [1.54, 1.807) is 6.26 Å². The first kappa shape index (κ1) is 22.6. The van der Waals surface area contributed by atoms with E-state index in [-0.39, 0.29) is 17.7 Å². The molecule has 1 unspecified atom stereocenters. The van der Waals surface area contributed by atoms with Crippen LogP contribution in [0.1, 0.15) is 58.9 Å². The van der Waals surface area contributed by atoms with Crippen LogP contribution < -0.4 is 14.8 Å². The van der Waals surface area contributed by atoms with Crippen molar-refractivity contribution in [2.24, 2.45) is 11.3 Å². The van der Waals surface area contributed by atoms with Gasteiger partial charge in [0, 0.05) is 13.6 Å². The average molecular weight is 494 g/mol. The fraction of sp³-hybridized carbons (Fsp3) is 0.643. The number of likely N-dealkylation sites (N-methyl/N-ethyl adjacent to an activating group) is 1. The molecule has 1 saturated carbocycles. The fourth-order valence-corrected chi connectivity index (χ4v) is 9.04. The van der Waals surface area contributed by atoms with Crippen LogP contribution in [0, 0.1) is 11.3 Å². The number of piperazine rings is 1. The van der Waals surface area contributed by atoms with E-state index in [1.165, 1.54) is 0 Å².